The second-order valence-electron chi connectivity index (χ2n) is 5.80. The van der Waals surface area contributed by atoms with Gasteiger partial charge in [-0.1, -0.05) is 23.2 Å². The highest BCUT2D eigenvalue weighted by molar-refractivity contribution is 6.34. The van der Waals surface area contributed by atoms with Crippen molar-refractivity contribution in [1.82, 2.24) is 19.6 Å². The third-order valence-corrected chi connectivity index (χ3v) is 4.12. The summed E-state index contributed by atoms with van der Waals surface area (Å²) in [5, 5.41) is 9.19. The van der Waals surface area contributed by atoms with Crippen LogP contribution < -0.4 is 5.32 Å². The molecule has 154 valence electrons. The van der Waals surface area contributed by atoms with Crippen LogP contribution in [0.15, 0.2) is 30.6 Å². The molecule has 3 rings (SSSR count). The van der Waals surface area contributed by atoms with E-state index in [4.69, 9.17) is 23.2 Å². The molecule has 0 saturated heterocycles. The van der Waals surface area contributed by atoms with Crippen LogP contribution in [-0.2, 0) is 13.2 Å². The highest BCUT2D eigenvalue weighted by Crippen LogP contribution is 2.37. The van der Waals surface area contributed by atoms with Crippen LogP contribution in [0.3, 0.4) is 0 Å². The number of nitrogens with one attached hydrogen (secondary N) is 1. The maximum Gasteiger partial charge on any atom is 0.435 e. The Morgan fingerprint density at radius 2 is 1.79 bits per heavy atom. The van der Waals surface area contributed by atoms with Gasteiger partial charge in [0.1, 0.15) is 5.69 Å². The number of aromatic nitrogens is 4. The van der Waals surface area contributed by atoms with E-state index in [2.05, 4.69) is 10.2 Å². The number of hydrogen-bond donors (Lipinski definition) is 1. The molecule has 0 saturated carbocycles. The van der Waals surface area contributed by atoms with Crippen molar-refractivity contribution in [2.45, 2.75) is 12.6 Å². The van der Waals surface area contributed by atoms with Crippen LogP contribution >= 0.6 is 23.2 Å². The van der Waals surface area contributed by atoms with E-state index in [1.807, 2.05) is 5.32 Å². The minimum atomic E-state index is -4.95. The van der Waals surface area contributed by atoms with Gasteiger partial charge in [0, 0.05) is 23.3 Å². The summed E-state index contributed by atoms with van der Waals surface area (Å²) in [7, 11) is 1.30. The first-order valence-corrected chi connectivity index (χ1v) is 8.47. The quantitative estimate of drug-likeness (QED) is 0.557. The fourth-order valence-electron chi connectivity index (χ4n) is 2.60. The molecule has 2 aromatic heterocycles. The standard InChI is InChI=1S/C16H10Cl2F5N5O/c1-27-6-10(12(26-27)14(19)20)15(29)25-11-5-24-28(13(11)16(21,22)23)9-3-7(17)2-8(18)4-9/h2-6,14H,1H3,(H,25,29). The number of halogens is 7. The predicted octanol–water partition coefficient (Wildman–Crippen LogP) is 5.12. The highest BCUT2D eigenvalue weighted by Gasteiger charge is 2.39. The van der Waals surface area contributed by atoms with Gasteiger partial charge in [-0.2, -0.15) is 23.4 Å². The van der Waals surface area contributed by atoms with E-state index in [1.165, 1.54) is 25.2 Å². The van der Waals surface area contributed by atoms with E-state index in [0.29, 0.717) is 4.68 Å². The van der Waals surface area contributed by atoms with Gasteiger partial charge in [-0.05, 0) is 18.2 Å². The first kappa shape index (κ1) is 21.1. The molecule has 6 nitrogen and oxygen atoms in total. The van der Waals surface area contributed by atoms with Gasteiger partial charge in [0.05, 0.1) is 23.1 Å². The maximum absolute atomic E-state index is 13.7. The number of anilines is 1. The van der Waals surface area contributed by atoms with Gasteiger partial charge in [0.25, 0.3) is 12.3 Å². The Balaban J connectivity index is 2.05. The molecule has 0 aliphatic heterocycles. The van der Waals surface area contributed by atoms with Crippen molar-refractivity contribution >= 4 is 34.8 Å². The van der Waals surface area contributed by atoms with Crippen molar-refractivity contribution in [2.75, 3.05) is 5.32 Å². The normalized spacial score (nSPS) is 11.9. The van der Waals surface area contributed by atoms with E-state index >= 15 is 0 Å². The van der Waals surface area contributed by atoms with Crippen molar-refractivity contribution in [2.24, 2.45) is 7.05 Å². The van der Waals surface area contributed by atoms with Crippen molar-refractivity contribution in [3.05, 3.63) is 57.6 Å². The number of carbonyl (C=O) groups is 1. The van der Waals surface area contributed by atoms with E-state index in [9.17, 15) is 26.7 Å². The minimum Gasteiger partial charge on any atom is -0.319 e. The molecule has 0 bridgehead atoms. The van der Waals surface area contributed by atoms with E-state index < -0.39 is 41.1 Å². The third-order valence-electron chi connectivity index (χ3n) is 3.69. The summed E-state index contributed by atoms with van der Waals surface area (Å²) in [6.07, 6.45) is -6.32. The van der Waals surface area contributed by atoms with E-state index in [0.717, 1.165) is 17.1 Å². The average molecular weight is 454 g/mol. The van der Waals surface area contributed by atoms with Crippen LogP contribution in [0.4, 0.5) is 27.6 Å². The molecule has 1 aromatic carbocycles. The molecular formula is C16H10Cl2F5N5O. The Kier molecular flexibility index (Phi) is 5.54. The first-order valence-electron chi connectivity index (χ1n) is 7.72. The molecule has 1 amide bonds. The number of carbonyl (C=O) groups excluding carboxylic acids is 1. The molecule has 0 aliphatic rings. The molecule has 29 heavy (non-hydrogen) atoms. The Morgan fingerprint density at radius 1 is 1.17 bits per heavy atom. The Morgan fingerprint density at radius 3 is 2.34 bits per heavy atom. The number of alkyl halides is 5. The number of nitrogens with zero attached hydrogens (tertiary/aromatic N) is 4. The first-order chi connectivity index (χ1) is 13.5. The van der Waals surface area contributed by atoms with Crippen molar-refractivity contribution < 1.29 is 26.7 Å². The molecule has 13 heteroatoms. The van der Waals surface area contributed by atoms with Gasteiger partial charge in [-0.15, -0.1) is 0 Å². The van der Waals surface area contributed by atoms with Crippen molar-refractivity contribution in [3.8, 4) is 5.69 Å². The van der Waals surface area contributed by atoms with Gasteiger partial charge >= 0.3 is 6.18 Å². The van der Waals surface area contributed by atoms with E-state index in [1.54, 1.807) is 0 Å². The largest absolute Gasteiger partial charge is 0.435 e. The number of hydrogen-bond acceptors (Lipinski definition) is 3. The van der Waals surface area contributed by atoms with Crippen molar-refractivity contribution in [3.63, 3.8) is 0 Å². The molecule has 2 heterocycles. The number of rotatable bonds is 4. The monoisotopic (exact) mass is 453 g/mol. The Labute approximate surface area is 169 Å². The maximum atomic E-state index is 13.7. The van der Waals surface area contributed by atoms with Gasteiger partial charge in [0.2, 0.25) is 0 Å². The Hall–Kier alpha value is -2.66. The smallest absolute Gasteiger partial charge is 0.319 e. The lowest BCUT2D eigenvalue weighted by Gasteiger charge is -2.13. The van der Waals surface area contributed by atoms with Crippen LogP contribution in [0.25, 0.3) is 5.69 Å². The van der Waals surface area contributed by atoms with Crippen molar-refractivity contribution in [1.29, 1.82) is 0 Å². The van der Waals surface area contributed by atoms with Crippen LogP contribution in [0.1, 0.15) is 28.2 Å². The van der Waals surface area contributed by atoms with Gasteiger partial charge in [0.15, 0.2) is 5.69 Å². The second-order valence-corrected chi connectivity index (χ2v) is 6.67. The molecular weight excluding hydrogens is 444 g/mol. The molecule has 1 N–H and O–H groups in total. The molecule has 0 fully saturated rings. The summed E-state index contributed by atoms with van der Waals surface area (Å²) < 4.78 is 68.5. The molecule has 0 atom stereocenters. The van der Waals surface area contributed by atoms with Crippen LogP contribution in [0.5, 0.6) is 0 Å². The summed E-state index contributed by atoms with van der Waals surface area (Å²) >= 11 is 11.7. The van der Waals surface area contributed by atoms with Crippen LogP contribution in [-0.4, -0.2) is 25.5 Å². The molecule has 0 radical (unpaired) electrons. The third kappa shape index (κ3) is 4.35. The zero-order chi connectivity index (χ0) is 21.5. The van der Waals surface area contributed by atoms with Gasteiger partial charge in [-0.3, -0.25) is 9.48 Å². The van der Waals surface area contributed by atoms with Crippen LogP contribution in [0.2, 0.25) is 10.0 Å². The number of benzene rings is 1. The zero-order valence-electron chi connectivity index (χ0n) is 14.3. The predicted molar refractivity (Wildman–Crippen MR) is 94.7 cm³/mol. The summed E-state index contributed by atoms with van der Waals surface area (Å²) in [5.41, 5.74) is -3.60. The fourth-order valence-corrected chi connectivity index (χ4v) is 3.12. The lowest BCUT2D eigenvalue weighted by Crippen LogP contribution is -2.19. The summed E-state index contributed by atoms with van der Waals surface area (Å²) in [6, 6.07) is 3.70. The second kappa shape index (κ2) is 7.64. The summed E-state index contributed by atoms with van der Waals surface area (Å²) in [6.45, 7) is 0. The highest BCUT2D eigenvalue weighted by atomic mass is 35.5. The average Bonchev–Trinajstić information content (AvgIpc) is 3.17. The minimum absolute atomic E-state index is 0.0682. The SMILES string of the molecule is Cn1cc(C(=O)Nc2cnn(-c3cc(Cl)cc(Cl)c3)c2C(F)(F)F)c(C(F)F)n1. The fraction of sp³-hybridized carbons (Fsp3) is 0.188. The zero-order valence-corrected chi connectivity index (χ0v) is 15.8. The molecule has 0 unspecified atom stereocenters. The van der Waals surface area contributed by atoms with Crippen LogP contribution in [0, 0.1) is 0 Å². The van der Waals surface area contributed by atoms with E-state index in [-0.39, 0.29) is 15.7 Å². The van der Waals surface area contributed by atoms with Gasteiger partial charge < -0.3 is 5.32 Å². The molecule has 0 aliphatic carbocycles. The molecule has 3 aromatic rings. The summed E-state index contributed by atoms with van der Waals surface area (Å²) in [5.74, 6) is -1.19. The lowest BCUT2D eigenvalue weighted by molar-refractivity contribution is -0.142. The Bertz CT molecular complexity index is 1060. The number of amides is 1. The topological polar surface area (TPSA) is 64.7 Å². The lowest BCUT2D eigenvalue weighted by atomic mass is 10.2. The molecule has 0 spiro atoms. The van der Waals surface area contributed by atoms with Gasteiger partial charge in [-0.25, -0.2) is 13.5 Å². The number of aryl methyl sites for hydroxylation is 1. The summed E-state index contributed by atoms with van der Waals surface area (Å²) in [4.78, 5) is 12.3.